The molecule has 0 saturated heterocycles. The van der Waals surface area contributed by atoms with Crippen LogP contribution in [0.1, 0.15) is 22.8 Å². The van der Waals surface area contributed by atoms with Crippen molar-refractivity contribution in [1.29, 1.82) is 0 Å². The summed E-state index contributed by atoms with van der Waals surface area (Å²) in [6.45, 7) is 3.05. The summed E-state index contributed by atoms with van der Waals surface area (Å²) in [5.41, 5.74) is 4.31. The van der Waals surface area contributed by atoms with E-state index in [-0.39, 0.29) is 5.91 Å². The first-order chi connectivity index (χ1) is 12.7. The van der Waals surface area contributed by atoms with Crippen LogP contribution in [0.2, 0.25) is 0 Å². The van der Waals surface area contributed by atoms with E-state index in [1.165, 1.54) is 5.56 Å². The molecular weight excluding hydrogens is 326 g/mol. The standard InChI is InChI=1S/C21H23N3O2/c1-3-16-9-11-17(12-10-16)20-19(21(25)22-13-14-26-2)15-24(23-20)18-7-5-4-6-8-18/h4-12,15H,3,13-14H2,1-2H3,(H,22,25). The lowest BCUT2D eigenvalue weighted by Gasteiger charge is -2.05. The van der Waals surface area contributed by atoms with Crippen LogP contribution >= 0.6 is 0 Å². The number of rotatable bonds is 7. The number of para-hydroxylation sites is 1. The van der Waals surface area contributed by atoms with Crippen molar-refractivity contribution in [3.8, 4) is 16.9 Å². The van der Waals surface area contributed by atoms with Crippen molar-refractivity contribution in [2.24, 2.45) is 0 Å². The average molecular weight is 349 g/mol. The highest BCUT2D eigenvalue weighted by Crippen LogP contribution is 2.24. The Morgan fingerprint density at radius 1 is 1.12 bits per heavy atom. The zero-order valence-corrected chi connectivity index (χ0v) is 15.1. The number of carbonyl (C=O) groups is 1. The molecule has 1 heterocycles. The Hall–Kier alpha value is -2.92. The first kappa shape index (κ1) is 17.9. The van der Waals surface area contributed by atoms with E-state index in [2.05, 4.69) is 29.5 Å². The molecule has 2 aromatic carbocycles. The molecule has 0 aliphatic heterocycles. The van der Waals surface area contributed by atoms with Crippen LogP contribution in [-0.2, 0) is 11.2 Å². The Balaban J connectivity index is 1.99. The molecule has 3 rings (SSSR count). The van der Waals surface area contributed by atoms with E-state index in [4.69, 9.17) is 4.74 Å². The summed E-state index contributed by atoms with van der Waals surface area (Å²) >= 11 is 0. The van der Waals surface area contributed by atoms with Gasteiger partial charge in [0.2, 0.25) is 0 Å². The molecule has 0 unspecified atom stereocenters. The summed E-state index contributed by atoms with van der Waals surface area (Å²) in [7, 11) is 1.61. The maximum Gasteiger partial charge on any atom is 0.255 e. The fraction of sp³-hybridized carbons (Fsp3) is 0.238. The van der Waals surface area contributed by atoms with Gasteiger partial charge in [-0.2, -0.15) is 5.10 Å². The maximum absolute atomic E-state index is 12.7. The molecule has 0 saturated carbocycles. The van der Waals surface area contributed by atoms with Crippen molar-refractivity contribution < 1.29 is 9.53 Å². The molecule has 3 aromatic rings. The second-order valence-electron chi connectivity index (χ2n) is 5.97. The van der Waals surface area contributed by atoms with Crippen LogP contribution in [-0.4, -0.2) is 35.9 Å². The fourth-order valence-electron chi connectivity index (χ4n) is 2.73. The summed E-state index contributed by atoms with van der Waals surface area (Å²) in [5, 5.41) is 7.56. The molecule has 134 valence electrons. The Bertz CT molecular complexity index is 855. The number of aryl methyl sites for hydroxylation is 1. The summed E-state index contributed by atoms with van der Waals surface area (Å²) in [5.74, 6) is -0.154. The van der Waals surface area contributed by atoms with E-state index in [9.17, 15) is 4.79 Å². The van der Waals surface area contributed by atoms with Gasteiger partial charge >= 0.3 is 0 Å². The largest absolute Gasteiger partial charge is 0.383 e. The molecule has 26 heavy (non-hydrogen) atoms. The van der Waals surface area contributed by atoms with Crippen molar-refractivity contribution in [2.75, 3.05) is 20.3 Å². The average Bonchev–Trinajstić information content (AvgIpc) is 3.14. The molecule has 0 aliphatic rings. The number of benzene rings is 2. The molecule has 1 aromatic heterocycles. The summed E-state index contributed by atoms with van der Waals surface area (Å²) in [4.78, 5) is 12.7. The minimum absolute atomic E-state index is 0.154. The number of aromatic nitrogens is 2. The number of ether oxygens (including phenoxy) is 1. The van der Waals surface area contributed by atoms with Gasteiger partial charge in [0.1, 0.15) is 5.69 Å². The van der Waals surface area contributed by atoms with E-state index >= 15 is 0 Å². The monoisotopic (exact) mass is 349 g/mol. The summed E-state index contributed by atoms with van der Waals surface area (Å²) < 4.78 is 6.75. The minimum atomic E-state index is -0.154. The van der Waals surface area contributed by atoms with Crippen LogP contribution in [0.15, 0.2) is 60.8 Å². The normalized spacial score (nSPS) is 10.7. The number of nitrogens with zero attached hydrogens (tertiary/aromatic N) is 2. The Kier molecular flexibility index (Phi) is 5.81. The number of hydrogen-bond acceptors (Lipinski definition) is 3. The van der Waals surface area contributed by atoms with Crippen LogP contribution < -0.4 is 5.32 Å². The van der Waals surface area contributed by atoms with E-state index in [1.54, 1.807) is 18.0 Å². The third kappa shape index (κ3) is 4.00. The lowest BCUT2D eigenvalue weighted by Crippen LogP contribution is -2.27. The van der Waals surface area contributed by atoms with Gasteiger partial charge in [0.05, 0.1) is 17.9 Å². The van der Waals surface area contributed by atoms with Gasteiger partial charge in [0.15, 0.2) is 0 Å². The summed E-state index contributed by atoms with van der Waals surface area (Å²) in [6.07, 6.45) is 2.75. The Labute approximate surface area is 153 Å². The molecule has 0 bridgehead atoms. The van der Waals surface area contributed by atoms with Crippen molar-refractivity contribution in [3.05, 3.63) is 71.9 Å². The van der Waals surface area contributed by atoms with Gasteiger partial charge in [-0.1, -0.05) is 49.4 Å². The molecule has 0 aliphatic carbocycles. The van der Waals surface area contributed by atoms with Crippen LogP contribution in [0.5, 0.6) is 0 Å². The molecule has 0 atom stereocenters. The molecule has 5 heteroatoms. The van der Waals surface area contributed by atoms with Gasteiger partial charge in [0, 0.05) is 25.4 Å². The van der Waals surface area contributed by atoms with Gasteiger partial charge in [-0.15, -0.1) is 0 Å². The molecule has 0 radical (unpaired) electrons. The second kappa shape index (κ2) is 8.45. The van der Waals surface area contributed by atoms with Crippen molar-refractivity contribution >= 4 is 5.91 Å². The number of hydrogen-bond donors (Lipinski definition) is 1. The topological polar surface area (TPSA) is 56.2 Å². The van der Waals surface area contributed by atoms with Crippen molar-refractivity contribution in [1.82, 2.24) is 15.1 Å². The third-order valence-corrected chi connectivity index (χ3v) is 4.21. The molecular formula is C21H23N3O2. The number of carbonyl (C=O) groups excluding carboxylic acids is 1. The lowest BCUT2D eigenvalue weighted by atomic mass is 10.0. The quantitative estimate of drug-likeness (QED) is 0.665. The molecule has 1 N–H and O–H groups in total. The van der Waals surface area contributed by atoms with Gasteiger partial charge in [0.25, 0.3) is 5.91 Å². The smallest absolute Gasteiger partial charge is 0.255 e. The van der Waals surface area contributed by atoms with Gasteiger partial charge in [-0.3, -0.25) is 4.79 Å². The molecule has 1 amide bonds. The first-order valence-electron chi connectivity index (χ1n) is 8.74. The fourth-order valence-corrected chi connectivity index (χ4v) is 2.73. The Morgan fingerprint density at radius 3 is 2.50 bits per heavy atom. The highest BCUT2D eigenvalue weighted by Gasteiger charge is 2.18. The van der Waals surface area contributed by atoms with Crippen LogP contribution in [0.25, 0.3) is 16.9 Å². The molecule has 0 spiro atoms. The number of methoxy groups -OCH3 is 1. The zero-order chi connectivity index (χ0) is 18.4. The minimum Gasteiger partial charge on any atom is -0.383 e. The maximum atomic E-state index is 12.7. The number of nitrogens with one attached hydrogen (secondary N) is 1. The van der Waals surface area contributed by atoms with E-state index in [1.807, 2.05) is 42.5 Å². The Morgan fingerprint density at radius 2 is 1.85 bits per heavy atom. The van der Waals surface area contributed by atoms with Crippen LogP contribution in [0, 0.1) is 0 Å². The highest BCUT2D eigenvalue weighted by molar-refractivity contribution is 5.99. The van der Waals surface area contributed by atoms with Crippen LogP contribution in [0.3, 0.4) is 0 Å². The molecule has 0 fully saturated rings. The molecule has 5 nitrogen and oxygen atoms in total. The summed E-state index contributed by atoms with van der Waals surface area (Å²) in [6, 6.07) is 18.0. The van der Waals surface area contributed by atoms with E-state index in [0.29, 0.717) is 24.4 Å². The van der Waals surface area contributed by atoms with Gasteiger partial charge < -0.3 is 10.1 Å². The van der Waals surface area contributed by atoms with Gasteiger partial charge in [-0.25, -0.2) is 4.68 Å². The second-order valence-corrected chi connectivity index (χ2v) is 5.97. The van der Waals surface area contributed by atoms with Crippen LogP contribution in [0.4, 0.5) is 0 Å². The highest BCUT2D eigenvalue weighted by atomic mass is 16.5. The SMILES string of the molecule is CCc1ccc(-c2nn(-c3ccccc3)cc2C(=O)NCCOC)cc1. The predicted molar refractivity (Wildman–Crippen MR) is 103 cm³/mol. The third-order valence-electron chi connectivity index (χ3n) is 4.21. The lowest BCUT2D eigenvalue weighted by molar-refractivity contribution is 0.0937. The van der Waals surface area contributed by atoms with Gasteiger partial charge in [-0.05, 0) is 24.1 Å². The predicted octanol–water partition coefficient (Wildman–Crippen LogP) is 3.48. The van der Waals surface area contributed by atoms with E-state index in [0.717, 1.165) is 17.7 Å². The van der Waals surface area contributed by atoms with E-state index < -0.39 is 0 Å². The zero-order valence-electron chi connectivity index (χ0n) is 15.1. The van der Waals surface area contributed by atoms with Crippen molar-refractivity contribution in [3.63, 3.8) is 0 Å². The first-order valence-corrected chi connectivity index (χ1v) is 8.74. The van der Waals surface area contributed by atoms with Crippen molar-refractivity contribution in [2.45, 2.75) is 13.3 Å². The number of amides is 1.